The van der Waals surface area contributed by atoms with Gasteiger partial charge in [-0.3, -0.25) is 9.69 Å². The van der Waals surface area contributed by atoms with Crippen molar-refractivity contribution in [1.29, 1.82) is 0 Å². The maximum Gasteiger partial charge on any atom is 0.305 e. The number of carbonyl (C=O) groups is 1. The number of hydrogen-bond donors (Lipinski definition) is 0. The molecule has 1 aromatic heterocycles. The van der Waals surface area contributed by atoms with Crippen molar-refractivity contribution >= 4 is 23.0 Å². The third-order valence-electron chi connectivity index (χ3n) is 2.21. The van der Waals surface area contributed by atoms with Crippen LogP contribution in [0, 0.1) is 0 Å². The third kappa shape index (κ3) is 1.90. The summed E-state index contributed by atoms with van der Waals surface area (Å²) in [5, 5.41) is 0. The van der Waals surface area contributed by atoms with E-state index in [9.17, 15) is 4.79 Å². The Kier molecular flexibility index (Phi) is 2.87. The van der Waals surface area contributed by atoms with Crippen molar-refractivity contribution in [3.8, 4) is 0 Å². The second-order valence-corrected chi connectivity index (χ2v) is 3.35. The molecule has 1 amide bonds. The summed E-state index contributed by atoms with van der Waals surface area (Å²) in [7, 11) is 3.07. The number of likely N-dealkylation sites (N-methyl/N-ethyl adjacent to an activating group) is 1. The van der Waals surface area contributed by atoms with Gasteiger partial charge in [-0.15, -0.1) is 0 Å². The number of methoxy groups -OCH3 is 1. The molecule has 2 aromatic rings. The lowest BCUT2D eigenvalue weighted by atomic mass is 10.3. The first kappa shape index (κ1) is 10.6. The quantitative estimate of drug-likeness (QED) is 0.785. The molecule has 2 rings (SSSR count). The van der Waals surface area contributed by atoms with Crippen LogP contribution in [-0.4, -0.2) is 31.7 Å². The Morgan fingerprint density at radius 1 is 1.50 bits per heavy atom. The summed E-state index contributed by atoms with van der Waals surface area (Å²) in [6, 6.07) is 7.64. The van der Waals surface area contributed by atoms with Crippen molar-refractivity contribution in [2.75, 3.05) is 25.7 Å². The minimum Gasteiger partial charge on any atom is -0.423 e. The molecule has 0 aliphatic carbocycles. The first-order chi connectivity index (χ1) is 7.72. The standard InChI is InChI=1S/C11H12N2O3/c1-13(10(14)7-15-2)11-12-8-5-3-4-6-9(8)16-11/h3-6H,7H2,1-2H3. The number of ether oxygens (including phenoxy) is 1. The molecule has 0 fully saturated rings. The number of amides is 1. The first-order valence-corrected chi connectivity index (χ1v) is 4.83. The van der Waals surface area contributed by atoms with E-state index in [-0.39, 0.29) is 18.5 Å². The average Bonchev–Trinajstić information content (AvgIpc) is 2.71. The topological polar surface area (TPSA) is 55.6 Å². The van der Waals surface area contributed by atoms with Crippen LogP contribution >= 0.6 is 0 Å². The summed E-state index contributed by atoms with van der Waals surface area (Å²) in [6.07, 6.45) is 0. The van der Waals surface area contributed by atoms with Crippen LogP contribution in [0.25, 0.3) is 11.1 Å². The molecule has 0 unspecified atom stereocenters. The van der Waals surface area contributed by atoms with Crippen molar-refractivity contribution in [1.82, 2.24) is 4.98 Å². The lowest BCUT2D eigenvalue weighted by Crippen LogP contribution is -2.29. The fourth-order valence-electron chi connectivity index (χ4n) is 1.33. The van der Waals surface area contributed by atoms with Crippen molar-refractivity contribution in [2.45, 2.75) is 0 Å². The number of anilines is 1. The van der Waals surface area contributed by atoms with Gasteiger partial charge < -0.3 is 9.15 Å². The SMILES string of the molecule is COCC(=O)N(C)c1nc2ccccc2o1. The number of para-hydroxylation sites is 2. The molecule has 5 nitrogen and oxygen atoms in total. The van der Waals surface area contributed by atoms with Crippen molar-refractivity contribution in [3.05, 3.63) is 24.3 Å². The molecule has 0 aliphatic heterocycles. The Bertz CT molecular complexity index is 474. The predicted octanol–water partition coefficient (Wildman–Crippen LogP) is 1.44. The number of fused-ring (bicyclic) bond motifs is 1. The maximum atomic E-state index is 11.5. The molecule has 5 heteroatoms. The van der Waals surface area contributed by atoms with Crippen LogP contribution in [0.1, 0.15) is 0 Å². The van der Waals surface area contributed by atoms with Crippen LogP contribution < -0.4 is 4.90 Å². The highest BCUT2D eigenvalue weighted by atomic mass is 16.5. The summed E-state index contributed by atoms with van der Waals surface area (Å²) >= 11 is 0. The largest absolute Gasteiger partial charge is 0.423 e. The molecule has 0 radical (unpaired) electrons. The van der Waals surface area contributed by atoms with E-state index < -0.39 is 0 Å². The molecule has 16 heavy (non-hydrogen) atoms. The Hall–Kier alpha value is -1.88. The van der Waals surface area contributed by atoms with Gasteiger partial charge in [0.1, 0.15) is 12.1 Å². The summed E-state index contributed by atoms with van der Waals surface area (Å²) < 4.78 is 10.2. The van der Waals surface area contributed by atoms with E-state index in [2.05, 4.69) is 4.98 Å². The van der Waals surface area contributed by atoms with Gasteiger partial charge in [0.25, 0.3) is 5.91 Å². The predicted molar refractivity (Wildman–Crippen MR) is 59.3 cm³/mol. The van der Waals surface area contributed by atoms with E-state index in [0.717, 1.165) is 5.52 Å². The Labute approximate surface area is 92.6 Å². The Balaban J connectivity index is 2.29. The van der Waals surface area contributed by atoms with Gasteiger partial charge in [0.2, 0.25) is 0 Å². The van der Waals surface area contributed by atoms with Gasteiger partial charge in [0.05, 0.1) is 0 Å². The minimum absolute atomic E-state index is 0.00915. The average molecular weight is 220 g/mol. The van der Waals surface area contributed by atoms with Crippen LogP contribution in [0.15, 0.2) is 28.7 Å². The minimum atomic E-state index is -0.200. The van der Waals surface area contributed by atoms with Crippen LogP contribution in [-0.2, 0) is 9.53 Å². The third-order valence-corrected chi connectivity index (χ3v) is 2.21. The molecule has 0 spiro atoms. The van der Waals surface area contributed by atoms with Crippen LogP contribution in [0.4, 0.5) is 6.01 Å². The normalized spacial score (nSPS) is 10.6. The zero-order valence-corrected chi connectivity index (χ0v) is 9.14. The molecule has 0 saturated heterocycles. The molecule has 1 heterocycles. The summed E-state index contributed by atoms with van der Waals surface area (Å²) in [6.45, 7) is 0.00915. The first-order valence-electron chi connectivity index (χ1n) is 4.83. The van der Waals surface area contributed by atoms with Gasteiger partial charge in [0.15, 0.2) is 5.58 Å². The molecular formula is C11H12N2O3. The highest BCUT2D eigenvalue weighted by Crippen LogP contribution is 2.20. The highest BCUT2D eigenvalue weighted by Gasteiger charge is 2.16. The zero-order chi connectivity index (χ0) is 11.5. The van der Waals surface area contributed by atoms with Gasteiger partial charge in [-0.2, -0.15) is 4.98 Å². The van der Waals surface area contributed by atoms with Crippen LogP contribution in [0.5, 0.6) is 0 Å². The molecule has 0 N–H and O–H groups in total. The van der Waals surface area contributed by atoms with E-state index in [0.29, 0.717) is 5.58 Å². The number of nitrogens with zero attached hydrogens (tertiary/aromatic N) is 2. The summed E-state index contributed by atoms with van der Waals surface area (Å²) in [5.41, 5.74) is 1.39. The molecule has 0 saturated carbocycles. The summed E-state index contributed by atoms with van der Waals surface area (Å²) in [4.78, 5) is 17.1. The lowest BCUT2D eigenvalue weighted by molar-refractivity contribution is -0.122. The Morgan fingerprint density at radius 3 is 2.94 bits per heavy atom. The number of benzene rings is 1. The van der Waals surface area contributed by atoms with Gasteiger partial charge in [-0.05, 0) is 12.1 Å². The Morgan fingerprint density at radius 2 is 2.25 bits per heavy atom. The maximum absolute atomic E-state index is 11.5. The monoisotopic (exact) mass is 220 g/mol. The van der Waals surface area contributed by atoms with E-state index in [1.807, 2.05) is 18.2 Å². The van der Waals surface area contributed by atoms with Crippen molar-refractivity contribution < 1.29 is 13.9 Å². The highest BCUT2D eigenvalue weighted by molar-refractivity contribution is 5.92. The van der Waals surface area contributed by atoms with E-state index in [4.69, 9.17) is 9.15 Å². The second-order valence-electron chi connectivity index (χ2n) is 3.35. The van der Waals surface area contributed by atoms with Gasteiger partial charge >= 0.3 is 6.01 Å². The second kappa shape index (κ2) is 4.32. The molecule has 0 bridgehead atoms. The fraction of sp³-hybridized carbons (Fsp3) is 0.273. The summed E-state index contributed by atoms with van der Waals surface area (Å²) in [5.74, 6) is -0.200. The van der Waals surface area contributed by atoms with Gasteiger partial charge in [-0.25, -0.2) is 0 Å². The molecule has 1 aromatic carbocycles. The molecule has 0 aliphatic rings. The van der Waals surface area contributed by atoms with E-state index in [1.54, 1.807) is 13.1 Å². The number of rotatable bonds is 3. The van der Waals surface area contributed by atoms with Crippen molar-refractivity contribution in [3.63, 3.8) is 0 Å². The number of oxazole rings is 1. The van der Waals surface area contributed by atoms with Crippen LogP contribution in [0.3, 0.4) is 0 Å². The number of aromatic nitrogens is 1. The molecule has 0 atom stereocenters. The lowest BCUT2D eigenvalue weighted by Gasteiger charge is -2.10. The molecule has 84 valence electrons. The zero-order valence-electron chi connectivity index (χ0n) is 9.14. The fourth-order valence-corrected chi connectivity index (χ4v) is 1.33. The van der Waals surface area contributed by atoms with Crippen LogP contribution in [0.2, 0.25) is 0 Å². The number of hydrogen-bond acceptors (Lipinski definition) is 4. The number of carbonyl (C=O) groups excluding carboxylic acids is 1. The smallest absolute Gasteiger partial charge is 0.305 e. The van der Waals surface area contributed by atoms with Gasteiger partial charge in [0, 0.05) is 14.2 Å². The van der Waals surface area contributed by atoms with E-state index in [1.165, 1.54) is 12.0 Å². The van der Waals surface area contributed by atoms with Crippen molar-refractivity contribution in [2.24, 2.45) is 0 Å². The van der Waals surface area contributed by atoms with Gasteiger partial charge in [-0.1, -0.05) is 12.1 Å². The van der Waals surface area contributed by atoms with E-state index >= 15 is 0 Å². The molecular weight excluding hydrogens is 208 g/mol.